The second-order valence-electron chi connectivity index (χ2n) is 9.04. The maximum atomic E-state index is 12.9. The maximum Gasteiger partial charge on any atom is 0.318 e. The van der Waals surface area contributed by atoms with E-state index in [2.05, 4.69) is 31.7 Å². The number of nitrogens with zero attached hydrogens (tertiary/aromatic N) is 7. The summed E-state index contributed by atoms with van der Waals surface area (Å²) in [6, 6.07) is 1.92. The number of hydrogen-bond donors (Lipinski definition) is 0. The van der Waals surface area contributed by atoms with Gasteiger partial charge in [0.25, 0.3) is 0 Å². The van der Waals surface area contributed by atoms with Gasteiger partial charge in [-0.3, -0.25) is 19.1 Å². The van der Waals surface area contributed by atoms with Crippen LogP contribution in [0.4, 0.5) is 5.95 Å². The first kappa shape index (κ1) is 22.9. The highest BCUT2D eigenvalue weighted by atomic mass is 35.5. The number of anilines is 1. The van der Waals surface area contributed by atoms with Gasteiger partial charge in [-0.25, -0.2) is 15.0 Å². The molecule has 0 amide bonds. The third-order valence-corrected chi connectivity index (χ3v) is 7.01. The Kier molecular flexibility index (Phi) is 6.37. The molecule has 2 fully saturated rings. The van der Waals surface area contributed by atoms with Gasteiger partial charge in [0.2, 0.25) is 5.95 Å². The summed E-state index contributed by atoms with van der Waals surface area (Å²) in [6.45, 7) is 6.76. The Labute approximate surface area is 201 Å². The Morgan fingerprint density at radius 3 is 2.50 bits per heavy atom. The van der Waals surface area contributed by atoms with Crippen LogP contribution >= 0.6 is 11.6 Å². The number of halogens is 1. The molecule has 2 aliphatic rings. The minimum absolute atomic E-state index is 0.129. The fraction of sp³-hybridized carbons (Fsp3) is 0.522. The number of ether oxygens (including phenoxy) is 1. The van der Waals surface area contributed by atoms with Crippen LogP contribution in [0.1, 0.15) is 31.4 Å². The van der Waals surface area contributed by atoms with Crippen LogP contribution in [0.2, 0.25) is 5.02 Å². The van der Waals surface area contributed by atoms with Crippen molar-refractivity contribution in [2.75, 3.05) is 37.7 Å². The van der Waals surface area contributed by atoms with Crippen molar-refractivity contribution < 1.29 is 4.74 Å². The number of morpholine rings is 1. The Hall–Kier alpha value is -2.82. The van der Waals surface area contributed by atoms with E-state index >= 15 is 0 Å². The highest BCUT2D eigenvalue weighted by Gasteiger charge is 2.26. The summed E-state index contributed by atoms with van der Waals surface area (Å²) < 4.78 is 8.36. The molecule has 10 nitrogen and oxygen atoms in total. The first-order valence-electron chi connectivity index (χ1n) is 11.6. The van der Waals surface area contributed by atoms with Crippen LogP contribution in [0.3, 0.4) is 0 Å². The number of rotatable bonds is 4. The Morgan fingerprint density at radius 2 is 1.79 bits per heavy atom. The van der Waals surface area contributed by atoms with E-state index in [1.807, 2.05) is 12.4 Å². The fourth-order valence-electron chi connectivity index (χ4n) is 4.79. The molecule has 5 heterocycles. The van der Waals surface area contributed by atoms with Gasteiger partial charge in [0.15, 0.2) is 5.65 Å². The minimum Gasteiger partial charge on any atom is -0.379 e. The van der Waals surface area contributed by atoms with Crippen molar-refractivity contribution in [1.82, 2.24) is 29.0 Å². The SMILES string of the molecule is CC1COCCN1Cc1cnc(N2CCC(n3c(=O)c(=O)n(C)c4cc(Cl)cnc43)CC2)nc1. The normalized spacial score (nSPS) is 20.2. The van der Waals surface area contributed by atoms with Crippen LogP contribution in [0.5, 0.6) is 0 Å². The number of aryl methyl sites for hydroxylation is 1. The smallest absolute Gasteiger partial charge is 0.318 e. The molecule has 5 rings (SSSR count). The van der Waals surface area contributed by atoms with Crippen molar-refractivity contribution in [1.29, 1.82) is 0 Å². The molecular weight excluding hydrogens is 458 g/mol. The molecule has 0 spiro atoms. The van der Waals surface area contributed by atoms with Crippen molar-refractivity contribution in [3.8, 4) is 0 Å². The van der Waals surface area contributed by atoms with Crippen LogP contribution in [0, 0.1) is 0 Å². The molecule has 0 radical (unpaired) electrons. The van der Waals surface area contributed by atoms with E-state index in [4.69, 9.17) is 16.3 Å². The molecule has 0 aliphatic carbocycles. The van der Waals surface area contributed by atoms with Gasteiger partial charge < -0.3 is 14.2 Å². The summed E-state index contributed by atoms with van der Waals surface area (Å²) in [6.07, 6.45) is 6.66. The molecular formula is C23H28ClN7O3. The number of hydrogen-bond acceptors (Lipinski definition) is 8. The van der Waals surface area contributed by atoms with Crippen molar-refractivity contribution in [3.63, 3.8) is 0 Å². The predicted molar refractivity (Wildman–Crippen MR) is 129 cm³/mol. The zero-order valence-corrected chi connectivity index (χ0v) is 20.1. The first-order valence-corrected chi connectivity index (χ1v) is 11.9. The van der Waals surface area contributed by atoms with Crippen LogP contribution in [0.15, 0.2) is 34.2 Å². The summed E-state index contributed by atoms with van der Waals surface area (Å²) in [5, 5.41) is 0.422. The molecule has 0 N–H and O–H groups in total. The van der Waals surface area contributed by atoms with Gasteiger partial charge in [0.1, 0.15) is 0 Å². The van der Waals surface area contributed by atoms with Gasteiger partial charge in [-0.15, -0.1) is 0 Å². The zero-order valence-electron chi connectivity index (χ0n) is 19.4. The largest absolute Gasteiger partial charge is 0.379 e. The van der Waals surface area contributed by atoms with Crippen LogP contribution < -0.4 is 16.0 Å². The molecule has 3 aromatic rings. The molecule has 180 valence electrons. The maximum absolute atomic E-state index is 12.9. The monoisotopic (exact) mass is 485 g/mol. The van der Waals surface area contributed by atoms with E-state index < -0.39 is 11.1 Å². The highest BCUT2D eigenvalue weighted by molar-refractivity contribution is 6.31. The van der Waals surface area contributed by atoms with Gasteiger partial charge in [-0.2, -0.15) is 0 Å². The van der Waals surface area contributed by atoms with E-state index in [1.54, 1.807) is 17.7 Å². The molecule has 1 atom stereocenters. The standard InChI is InChI=1S/C23H28ClN7O3/c1-15-14-34-8-7-30(15)13-16-10-26-23(27-11-16)29-5-3-18(4-6-29)31-20-19(9-17(24)12-25-20)28(2)21(32)22(31)33/h9-12,15,18H,3-8,13-14H2,1-2H3. The minimum atomic E-state index is -0.576. The first-order chi connectivity index (χ1) is 16.4. The number of piperidine rings is 1. The molecule has 2 saturated heterocycles. The van der Waals surface area contributed by atoms with Crippen molar-refractivity contribution >= 4 is 28.7 Å². The van der Waals surface area contributed by atoms with Crippen molar-refractivity contribution in [2.45, 2.75) is 38.4 Å². The van der Waals surface area contributed by atoms with Gasteiger partial charge in [-0.1, -0.05) is 11.6 Å². The third kappa shape index (κ3) is 4.33. The summed E-state index contributed by atoms with van der Waals surface area (Å²) in [7, 11) is 1.57. The van der Waals surface area contributed by atoms with Crippen LogP contribution in [-0.4, -0.2) is 67.9 Å². The lowest BCUT2D eigenvalue weighted by Gasteiger charge is -2.34. The quantitative estimate of drug-likeness (QED) is 0.514. The molecule has 0 aromatic carbocycles. The molecule has 0 bridgehead atoms. The summed E-state index contributed by atoms with van der Waals surface area (Å²) >= 11 is 6.09. The Morgan fingerprint density at radius 1 is 1.06 bits per heavy atom. The van der Waals surface area contributed by atoms with Crippen molar-refractivity contribution in [2.24, 2.45) is 7.05 Å². The second-order valence-corrected chi connectivity index (χ2v) is 9.48. The molecule has 11 heteroatoms. The van der Waals surface area contributed by atoms with E-state index in [0.717, 1.165) is 31.9 Å². The Balaban J connectivity index is 1.30. The van der Waals surface area contributed by atoms with Crippen molar-refractivity contribution in [3.05, 3.63) is 56.0 Å². The van der Waals surface area contributed by atoms with Crippen LogP contribution in [0.25, 0.3) is 11.2 Å². The third-order valence-electron chi connectivity index (χ3n) is 6.80. The second kappa shape index (κ2) is 9.44. The molecule has 34 heavy (non-hydrogen) atoms. The average Bonchev–Trinajstić information content (AvgIpc) is 2.85. The topological polar surface area (TPSA) is 98.4 Å². The lowest BCUT2D eigenvalue weighted by atomic mass is 10.0. The van der Waals surface area contributed by atoms with E-state index in [1.165, 1.54) is 10.8 Å². The van der Waals surface area contributed by atoms with Gasteiger partial charge in [0, 0.05) is 69.5 Å². The van der Waals surface area contributed by atoms with E-state index in [9.17, 15) is 9.59 Å². The van der Waals surface area contributed by atoms with Crippen LogP contribution in [-0.2, 0) is 18.3 Å². The van der Waals surface area contributed by atoms with E-state index in [0.29, 0.717) is 54.1 Å². The molecule has 0 saturated carbocycles. The van der Waals surface area contributed by atoms with Gasteiger partial charge in [0.05, 0.1) is 23.8 Å². The molecule has 3 aromatic heterocycles. The highest BCUT2D eigenvalue weighted by Crippen LogP contribution is 2.26. The summed E-state index contributed by atoms with van der Waals surface area (Å²) in [5.74, 6) is 0.684. The average molecular weight is 486 g/mol. The summed E-state index contributed by atoms with van der Waals surface area (Å²) in [4.78, 5) is 43.5. The number of aromatic nitrogens is 5. The van der Waals surface area contributed by atoms with Gasteiger partial charge >= 0.3 is 11.1 Å². The lowest BCUT2D eigenvalue weighted by Crippen LogP contribution is -2.45. The molecule has 2 aliphatic heterocycles. The number of fused-ring (bicyclic) bond motifs is 1. The van der Waals surface area contributed by atoms with Gasteiger partial charge in [-0.05, 0) is 25.8 Å². The predicted octanol–water partition coefficient (Wildman–Crippen LogP) is 1.60. The molecule has 1 unspecified atom stereocenters. The van der Waals surface area contributed by atoms with E-state index in [-0.39, 0.29) is 6.04 Å². The lowest BCUT2D eigenvalue weighted by molar-refractivity contribution is -0.00445. The zero-order chi connectivity index (χ0) is 23.8. The number of pyridine rings is 1. The summed E-state index contributed by atoms with van der Waals surface area (Å²) in [5.41, 5.74) is 0.977. The fourth-order valence-corrected chi connectivity index (χ4v) is 4.94. The Bertz CT molecular complexity index is 1300.